The highest BCUT2D eigenvalue weighted by atomic mass is 35.5. The Morgan fingerprint density at radius 2 is 1.73 bits per heavy atom. The maximum atomic E-state index is 11.9. The number of carbonyl (C=O) groups excluding carboxylic acids is 2. The van der Waals surface area contributed by atoms with E-state index in [0.29, 0.717) is 17.9 Å². The van der Waals surface area contributed by atoms with Crippen molar-refractivity contribution in [2.45, 2.75) is 46.2 Å². The molecule has 3 amide bonds. The van der Waals surface area contributed by atoms with Gasteiger partial charge in [-0.3, -0.25) is 4.79 Å². The van der Waals surface area contributed by atoms with Crippen molar-refractivity contribution in [2.24, 2.45) is 5.41 Å². The largest absolute Gasteiger partial charge is 0.480 e. The van der Waals surface area contributed by atoms with Crippen LogP contribution in [0.5, 0.6) is 0 Å². The summed E-state index contributed by atoms with van der Waals surface area (Å²) >= 11 is 5.78. The predicted molar refractivity (Wildman–Crippen MR) is 99.9 cm³/mol. The van der Waals surface area contributed by atoms with Gasteiger partial charge in [-0.25, -0.2) is 9.59 Å². The third kappa shape index (κ3) is 9.27. The molecular formula is C18H26ClN3O4. The van der Waals surface area contributed by atoms with Crippen molar-refractivity contribution in [3.05, 3.63) is 34.9 Å². The molecule has 1 aromatic carbocycles. The summed E-state index contributed by atoms with van der Waals surface area (Å²) in [5.74, 6) is -1.64. The molecule has 0 bridgehead atoms. The highest BCUT2D eigenvalue weighted by Gasteiger charge is 2.22. The fraction of sp³-hybridized carbons (Fsp3) is 0.500. The molecule has 0 spiro atoms. The van der Waals surface area contributed by atoms with Crippen LogP contribution in [0.1, 0.15) is 39.2 Å². The Hall–Kier alpha value is -2.28. The number of nitrogens with one attached hydrogen (secondary N) is 3. The molecule has 7 nitrogen and oxygen atoms in total. The Bertz CT molecular complexity index is 626. The maximum Gasteiger partial charge on any atom is 0.326 e. The highest BCUT2D eigenvalue weighted by molar-refractivity contribution is 6.30. The van der Waals surface area contributed by atoms with Crippen LogP contribution in [-0.4, -0.2) is 35.6 Å². The first-order chi connectivity index (χ1) is 12.1. The smallest absolute Gasteiger partial charge is 0.326 e. The van der Waals surface area contributed by atoms with E-state index in [9.17, 15) is 19.5 Å². The first-order valence-electron chi connectivity index (χ1n) is 8.35. The normalized spacial score (nSPS) is 12.2. The molecular weight excluding hydrogens is 358 g/mol. The van der Waals surface area contributed by atoms with Gasteiger partial charge < -0.3 is 21.1 Å². The topological polar surface area (TPSA) is 108 Å². The molecule has 1 aromatic rings. The second kappa shape index (κ2) is 10.0. The monoisotopic (exact) mass is 383 g/mol. The van der Waals surface area contributed by atoms with Gasteiger partial charge in [-0.05, 0) is 36.0 Å². The molecule has 0 aliphatic carbocycles. The SMILES string of the molecule is CC(C)(C)CCC(NC(=O)CNC(=O)NCc1ccc(Cl)cc1)C(=O)O. The standard InChI is InChI=1S/C18H26ClN3O4/c1-18(2,3)9-8-14(16(24)25)22-15(23)11-21-17(26)20-10-12-4-6-13(19)7-5-12/h4-7,14H,8-11H2,1-3H3,(H,22,23)(H,24,25)(H2,20,21,26). The molecule has 4 N–H and O–H groups in total. The summed E-state index contributed by atoms with van der Waals surface area (Å²) in [6, 6.07) is 5.50. The van der Waals surface area contributed by atoms with Gasteiger partial charge in [0.2, 0.25) is 5.91 Å². The average molecular weight is 384 g/mol. The molecule has 0 aliphatic rings. The number of benzene rings is 1. The van der Waals surface area contributed by atoms with E-state index < -0.39 is 23.9 Å². The van der Waals surface area contributed by atoms with Gasteiger partial charge in [0.05, 0.1) is 6.54 Å². The Labute approximate surface area is 158 Å². The minimum Gasteiger partial charge on any atom is -0.480 e. The minimum absolute atomic E-state index is 0.0295. The van der Waals surface area contributed by atoms with Crippen molar-refractivity contribution < 1.29 is 19.5 Å². The zero-order valence-electron chi connectivity index (χ0n) is 15.3. The van der Waals surface area contributed by atoms with Crippen LogP contribution >= 0.6 is 11.6 Å². The fourth-order valence-electron chi connectivity index (χ4n) is 2.09. The summed E-state index contributed by atoms with van der Waals surface area (Å²) in [7, 11) is 0. The number of carbonyl (C=O) groups is 3. The molecule has 0 aromatic heterocycles. The van der Waals surface area contributed by atoms with E-state index >= 15 is 0 Å². The van der Waals surface area contributed by atoms with Gasteiger partial charge in [-0.15, -0.1) is 0 Å². The zero-order chi connectivity index (χ0) is 19.7. The summed E-state index contributed by atoms with van der Waals surface area (Å²) in [5, 5.41) is 17.2. The third-order valence-corrected chi connectivity index (χ3v) is 3.84. The molecule has 1 rings (SSSR count). The summed E-state index contributed by atoms with van der Waals surface area (Å²) in [5.41, 5.74) is 0.834. The fourth-order valence-corrected chi connectivity index (χ4v) is 2.21. The molecule has 144 valence electrons. The van der Waals surface area contributed by atoms with Crippen LogP contribution in [0.3, 0.4) is 0 Å². The van der Waals surface area contributed by atoms with E-state index in [2.05, 4.69) is 16.0 Å². The van der Waals surface area contributed by atoms with Gasteiger partial charge >= 0.3 is 12.0 Å². The third-order valence-electron chi connectivity index (χ3n) is 3.59. The van der Waals surface area contributed by atoms with Crippen molar-refractivity contribution in [1.82, 2.24) is 16.0 Å². The van der Waals surface area contributed by atoms with E-state index in [4.69, 9.17) is 11.6 Å². The van der Waals surface area contributed by atoms with Crippen molar-refractivity contribution in [3.8, 4) is 0 Å². The summed E-state index contributed by atoms with van der Waals surface area (Å²) in [6.07, 6.45) is 0.979. The van der Waals surface area contributed by atoms with Crippen LogP contribution in [0, 0.1) is 5.41 Å². The lowest BCUT2D eigenvalue weighted by Crippen LogP contribution is -2.47. The zero-order valence-corrected chi connectivity index (χ0v) is 16.0. The predicted octanol–water partition coefficient (Wildman–Crippen LogP) is 2.53. The Morgan fingerprint density at radius 1 is 1.12 bits per heavy atom. The summed E-state index contributed by atoms with van der Waals surface area (Å²) < 4.78 is 0. The molecule has 0 fully saturated rings. The molecule has 0 heterocycles. The van der Waals surface area contributed by atoms with Crippen LogP contribution in [-0.2, 0) is 16.1 Å². The molecule has 26 heavy (non-hydrogen) atoms. The molecule has 1 unspecified atom stereocenters. The first-order valence-corrected chi connectivity index (χ1v) is 8.73. The van der Waals surface area contributed by atoms with Crippen LogP contribution in [0.25, 0.3) is 0 Å². The molecule has 1 atom stereocenters. The number of halogens is 1. The van der Waals surface area contributed by atoms with Gasteiger partial charge in [0, 0.05) is 11.6 Å². The summed E-state index contributed by atoms with van der Waals surface area (Å²) in [4.78, 5) is 34.8. The van der Waals surface area contributed by atoms with E-state index in [1.807, 2.05) is 20.8 Å². The van der Waals surface area contributed by atoms with E-state index in [1.54, 1.807) is 24.3 Å². The molecule has 0 saturated carbocycles. The number of carboxylic acids is 1. The lowest BCUT2D eigenvalue weighted by Gasteiger charge is -2.21. The van der Waals surface area contributed by atoms with Gasteiger partial charge in [0.15, 0.2) is 0 Å². The van der Waals surface area contributed by atoms with E-state index in [-0.39, 0.29) is 18.5 Å². The number of rotatable bonds is 8. The van der Waals surface area contributed by atoms with Crippen molar-refractivity contribution >= 4 is 29.5 Å². The summed E-state index contributed by atoms with van der Waals surface area (Å²) in [6.45, 7) is 5.99. The van der Waals surface area contributed by atoms with E-state index in [1.165, 1.54) is 0 Å². The Morgan fingerprint density at radius 3 is 2.27 bits per heavy atom. The second-order valence-corrected chi connectivity index (χ2v) is 7.66. The Balaban J connectivity index is 2.35. The lowest BCUT2D eigenvalue weighted by atomic mass is 9.88. The Kier molecular flexibility index (Phi) is 8.38. The van der Waals surface area contributed by atoms with Crippen LogP contribution in [0.15, 0.2) is 24.3 Å². The van der Waals surface area contributed by atoms with Crippen LogP contribution in [0.4, 0.5) is 4.79 Å². The number of urea groups is 1. The second-order valence-electron chi connectivity index (χ2n) is 7.22. The highest BCUT2D eigenvalue weighted by Crippen LogP contribution is 2.21. The van der Waals surface area contributed by atoms with Gasteiger partial charge in [0.25, 0.3) is 0 Å². The minimum atomic E-state index is -1.09. The van der Waals surface area contributed by atoms with E-state index in [0.717, 1.165) is 5.56 Å². The number of hydrogen-bond acceptors (Lipinski definition) is 3. The first kappa shape index (κ1) is 21.8. The molecule has 0 radical (unpaired) electrons. The quantitative estimate of drug-likeness (QED) is 0.553. The average Bonchev–Trinajstić information content (AvgIpc) is 2.55. The number of amides is 3. The maximum absolute atomic E-state index is 11.9. The number of aliphatic carboxylic acids is 1. The van der Waals surface area contributed by atoms with Gasteiger partial charge in [-0.2, -0.15) is 0 Å². The lowest BCUT2D eigenvalue weighted by molar-refractivity contribution is -0.142. The number of hydrogen-bond donors (Lipinski definition) is 4. The molecule has 0 aliphatic heterocycles. The van der Waals surface area contributed by atoms with Gasteiger partial charge in [-0.1, -0.05) is 44.5 Å². The van der Waals surface area contributed by atoms with Gasteiger partial charge in [0.1, 0.15) is 6.04 Å². The van der Waals surface area contributed by atoms with Crippen LogP contribution < -0.4 is 16.0 Å². The van der Waals surface area contributed by atoms with Crippen molar-refractivity contribution in [1.29, 1.82) is 0 Å². The molecule has 0 saturated heterocycles. The van der Waals surface area contributed by atoms with Crippen LogP contribution in [0.2, 0.25) is 5.02 Å². The number of carboxylic acid groups (broad SMARTS) is 1. The van der Waals surface area contributed by atoms with Crippen molar-refractivity contribution in [3.63, 3.8) is 0 Å². The molecule has 8 heteroatoms. The van der Waals surface area contributed by atoms with Crippen molar-refractivity contribution in [2.75, 3.05) is 6.54 Å².